The number of ketones is 2. The van der Waals surface area contributed by atoms with Crippen LogP contribution in [0.15, 0.2) is 119 Å². The molecule has 46 heavy (non-hydrogen) atoms. The van der Waals surface area contributed by atoms with Crippen molar-refractivity contribution in [3.63, 3.8) is 0 Å². The highest BCUT2D eigenvalue weighted by Crippen LogP contribution is 2.45. The summed E-state index contributed by atoms with van der Waals surface area (Å²) in [5.74, 6) is -0.473. The zero-order chi connectivity index (χ0) is 31.9. The van der Waals surface area contributed by atoms with Gasteiger partial charge in [-0.05, 0) is 59.4 Å². The van der Waals surface area contributed by atoms with Gasteiger partial charge >= 0.3 is 0 Å². The van der Waals surface area contributed by atoms with Crippen molar-refractivity contribution >= 4 is 46.2 Å². The topological polar surface area (TPSA) is 81.1 Å². The third-order valence-electron chi connectivity index (χ3n) is 9.18. The van der Waals surface area contributed by atoms with Crippen molar-refractivity contribution < 1.29 is 19.8 Å². The number of carbonyl (C=O) groups excluding carboxylic acids is 2. The maximum atomic E-state index is 13.5. The van der Waals surface area contributed by atoms with E-state index in [-0.39, 0.29) is 34.2 Å². The third kappa shape index (κ3) is 4.64. The summed E-state index contributed by atoms with van der Waals surface area (Å²) >= 11 is 0. The van der Waals surface area contributed by atoms with E-state index in [2.05, 4.69) is 23.6 Å². The van der Waals surface area contributed by atoms with Crippen LogP contribution >= 0.6 is 0 Å². The van der Waals surface area contributed by atoms with Gasteiger partial charge in [0.25, 0.3) is 0 Å². The molecule has 4 aliphatic rings. The van der Waals surface area contributed by atoms with Crippen LogP contribution in [-0.2, 0) is 9.59 Å². The molecular weight excluding hydrogens is 572 g/mol. The van der Waals surface area contributed by atoms with E-state index < -0.39 is 0 Å². The number of fused-ring (bicyclic) bond motifs is 2. The zero-order valence-electron chi connectivity index (χ0n) is 26.1. The molecule has 0 aromatic heterocycles. The van der Waals surface area contributed by atoms with E-state index in [9.17, 15) is 19.8 Å². The van der Waals surface area contributed by atoms with Crippen LogP contribution in [0, 0.1) is 0 Å². The van der Waals surface area contributed by atoms with Crippen molar-refractivity contribution in [2.45, 2.75) is 39.5 Å². The van der Waals surface area contributed by atoms with Gasteiger partial charge < -0.3 is 20.0 Å². The summed E-state index contributed by atoms with van der Waals surface area (Å²) in [4.78, 5) is 31.3. The molecule has 2 N–H and O–H groups in total. The minimum atomic E-state index is -0.212. The molecule has 6 nitrogen and oxygen atoms in total. The predicted octanol–water partition coefficient (Wildman–Crippen LogP) is 8.57. The van der Waals surface area contributed by atoms with Gasteiger partial charge in [0, 0.05) is 24.5 Å². The van der Waals surface area contributed by atoms with E-state index in [0.717, 1.165) is 61.3 Å². The molecule has 7 rings (SSSR count). The van der Waals surface area contributed by atoms with E-state index >= 15 is 0 Å². The van der Waals surface area contributed by atoms with Crippen LogP contribution in [0.1, 0.15) is 61.8 Å². The molecule has 2 aliphatic heterocycles. The largest absolute Gasteiger partial charge is 0.506 e. The first kappa shape index (κ1) is 29.4. The fourth-order valence-corrected chi connectivity index (χ4v) is 6.70. The van der Waals surface area contributed by atoms with Crippen LogP contribution in [0.5, 0.6) is 0 Å². The number of unbranched alkanes of at least 4 members (excludes halogenated alkanes) is 2. The lowest BCUT2D eigenvalue weighted by Crippen LogP contribution is -2.32. The zero-order valence-corrected chi connectivity index (χ0v) is 26.1. The molecule has 0 saturated carbocycles. The number of Topliss-reactive ketones (excluding diaryl/α,β-unsaturated/α-hetero) is 2. The lowest BCUT2D eigenvalue weighted by molar-refractivity contribution is -0.112. The van der Waals surface area contributed by atoms with Crippen LogP contribution < -0.4 is 9.80 Å². The quantitative estimate of drug-likeness (QED) is 0.250. The molecule has 0 saturated heterocycles. The molecule has 0 amide bonds. The van der Waals surface area contributed by atoms with E-state index in [4.69, 9.17) is 0 Å². The Morgan fingerprint density at radius 2 is 0.913 bits per heavy atom. The summed E-state index contributed by atoms with van der Waals surface area (Å²) in [6.45, 7) is 5.74. The van der Waals surface area contributed by atoms with Crippen LogP contribution in [0.4, 0.5) is 11.4 Å². The van der Waals surface area contributed by atoms with E-state index in [1.54, 1.807) is 24.3 Å². The lowest BCUT2D eigenvalue weighted by Gasteiger charge is -2.35. The van der Waals surface area contributed by atoms with Crippen molar-refractivity contribution in [3.8, 4) is 0 Å². The van der Waals surface area contributed by atoms with Crippen LogP contribution in [0.3, 0.4) is 0 Å². The number of carbonyl (C=O) groups is 2. The average Bonchev–Trinajstić information content (AvgIpc) is 3.08. The first-order valence-corrected chi connectivity index (χ1v) is 16.1. The highest BCUT2D eigenvalue weighted by atomic mass is 16.3. The standard InChI is InChI=1S/C40H36N2O4/c1-3-5-23-41-29-13-9-7-11-25(29)19-21-31(41)35-37(43)33(38(35)44)27-15-17-28(18-16-27)34-39(45)36(40(34)46)32-22-20-26-12-8-10-14-30(26)42(32)24-6-4-2/h7-22,43,45H,3-6,23-24H2,1-2H3. The molecular formula is C40H36N2O4. The summed E-state index contributed by atoms with van der Waals surface area (Å²) in [5, 5.41) is 22.4. The van der Waals surface area contributed by atoms with Gasteiger partial charge in [0.1, 0.15) is 11.5 Å². The highest BCUT2D eigenvalue weighted by Gasteiger charge is 2.41. The summed E-state index contributed by atoms with van der Waals surface area (Å²) in [5.41, 5.74) is 7.91. The minimum Gasteiger partial charge on any atom is -0.506 e. The number of hydrogen-bond donors (Lipinski definition) is 2. The van der Waals surface area contributed by atoms with Gasteiger partial charge in [-0.3, -0.25) is 9.59 Å². The predicted molar refractivity (Wildman–Crippen MR) is 185 cm³/mol. The van der Waals surface area contributed by atoms with Gasteiger partial charge in [0.2, 0.25) is 11.6 Å². The van der Waals surface area contributed by atoms with Crippen LogP contribution in [0.25, 0.3) is 23.3 Å². The van der Waals surface area contributed by atoms with E-state index in [1.807, 2.05) is 72.8 Å². The highest BCUT2D eigenvalue weighted by molar-refractivity contribution is 6.40. The minimum absolute atomic E-state index is 0.0244. The number of anilines is 2. The van der Waals surface area contributed by atoms with Crippen molar-refractivity contribution in [1.29, 1.82) is 0 Å². The molecule has 6 heteroatoms. The fourth-order valence-electron chi connectivity index (χ4n) is 6.70. The fraction of sp³-hybridized carbons (Fsp3) is 0.200. The molecule has 0 bridgehead atoms. The molecule has 0 fully saturated rings. The summed E-state index contributed by atoms with van der Waals surface area (Å²) < 4.78 is 0. The molecule has 2 aliphatic carbocycles. The number of aliphatic hydroxyl groups is 2. The number of aliphatic hydroxyl groups excluding tert-OH is 2. The molecule has 0 radical (unpaired) electrons. The number of benzene rings is 3. The van der Waals surface area contributed by atoms with Gasteiger partial charge in [-0.25, -0.2) is 0 Å². The Morgan fingerprint density at radius 3 is 1.28 bits per heavy atom. The van der Waals surface area contributed by atoms with Crippen LogP contribution in [0.2, 0.25) is 0 Å². The summed E-state index contributed by atoms with van der Waals surface area (Å²) in [7, 11) is 0. The van der Waals surface area contributed by atoms with Gasteiger partial charge in [-0.15, -0.1) is 0 Å². The molecule has 3 aromatic carbocycles. The number of para-hydroxylation sites is 2. The molecule has 0 spiro atoms. The average molecular weight is 609 g/mol. The number of rotatable bonds is 8. The SMILES string of the molecule is CCCCN1C(=C2C(=O)C(c3ccc(C4=C(O)C(=C5C=Cc6ccccc6N5CCCC)C4=O)cc3)=C2O)C=Cc2ccccc21. The van der Waals surface area contributed by atoms with Crippen molar-refractivity contribution in [2.75, 3.05) is 22.9 Å². The van der Waals surface area contributed by atoms with E-state index in [1.165, 1.54) is 0 Å². The van der Waals surface area contributed by atoms with Crippen molar-refractivity contribution in [3.05, 3.63) is 141 Å². The Morgan fingerprint density at radius 1 is 0.522 bits per heavy atom. The van der Waals surface area contributed by atoms with Gasteiger partial charge in [0.15, 0.2) is 0 Å². The first-order chi connectivity index (χ1) is 22.4. The molecule has 0 unspecified atom stereocenters. The molecule has 2 heterocycles. The maximum Gasteiger partial charge on any atom is 0.203 e. The number of hydrogen-bond acceptors (Lipinski definition) is 6. The Bertz CT molecular complexity index is 1830. The van der Waals surface area contributed by atoms with E-state index in [0.29, 0.717) is 33.7 Å². The second-order valence-corrected chi connectivity index (χ2v) is 12.0. The third-order valence-corrected chi connectivity index (χ3v) is 9.18. The second kappa shape index (κ2) is 11.9. The Labute approximate surface area is 269 Å². The molecule has 0 atom stereocenters. The summed E-state index contributed by atoms with van der Waals surface area (Å²) in [6, 6.07) is 23.0. The van der Waals surface area contributed by atoms with Crippen LogP contribution in [-0.4, -0.2) is 34.9 Å². The Hall–Kier alpha value is -5.36. The Kier molecular flexibility index (Phi) is 7.57. The van der Waals surface area contributed by atoms with Gasteiger partial charge in [0.05, 0.1) is 33.7 Å². The second-order valence-electron chi connectivity index (χ2n) is 12.0. The normalized spacial score (nSPS) is 20.2. The number of allylic oxidation sites excluding steroid dienone is 6. The summed E-state index contributed by atoms with van der Waals surface area (Å²) in [6.07, 6.45) is 11.7. The number of nitrogens with zero attached hydrogens (tertiary/aromatic N) is 2. The van der Waals surface area contributed by atoms with Gasteiger partial charge in [-0.1, -0.05) is 99.5 Å². The van der Waals surface area contributed by atoms with Crippen molar-refractivity contribution in [2.24, 2.45) is 0 Å². The maximum absolute atomic E-state index is 13.5. The first-order valence-electron chi connectivity index (χ1n) is 16.1. The van der Waals surface area contributed by atoms with Gasteiger partial charge in [-0.2, -0.15) is 0 Å². The monoisotopic (exact) mass is 608 g/mol. The molecule has 230 valence electrons. The van der Waals surface area contributed by atoms with Crippen molar-refractivity contribution in [1.82, 2.24) is 0 Å². The lowest BCUT2D eigenvalue weighted by atomic mass is 9.79. The Balaban J connectivity index is 1.19. The molecule has 3 aromatic rings. The smallest absolute Gasteiger partial charge is 0.203 e.